The fraction of sp³-hybridized carbons (Fsp3) is 0.588. The highest BCUT2D eigenvalue weighted by molar-refractivity contribution is 7.79. The molecule has 8 heteroatoms. The lowest BCUT2D eigenvalue weighted by Crippen LogP contribution is -2.33. The van der Waals surface area contributed by atoms with Crippen LogP contribution in [-0.2, 0) is 4.74 Å². The molecule has 1 amide bonds. The van der Waals surface area contributed by atoms with Crippen molar-refractivity contribution in [2.24, 2.45) is 0 Å². The Morgan fingerprint density at radius 1 is 1.20 bits per heavy atom. The maximum Gasteiger partial charge on any atom is 0.407 e. The van der Waals surface area contributed by atoms with Gasteiger partial charge in [0.1, 0.15) is 11.4 Å². The number of nitro benzene ring substituents is 1. The largest absolute Gasteiger partial charge is 0.494 e. The van der Waals surface area contributed by atoms with Crippen LogP contribution in [0.5, 0.6) is 5.75 Å². The highest BCUT2D eigenvalue weighted by Gasteiger charge is 2.15. The number of nitrogens with one attached hydrogen (secondary N) is 1. The van der Waals surface area contributed by atoms with E-state index in [4.69, 9.17) is 9.47 Å². The average Bonchev–Trinajstić information content (AvgIpc) is 2.57. The van der Waals surface area contributed by atoms with E-state index in [1.165, 1.54) is 12.1 Å². The number of non-ortho nitro benzene ring substituents is 1. The van der Waals surface area contributed by atoms with Gasteiger partial charge in [0.05, 0.1) is 11.5 Å². The Labute approximate surface area is 155 Å². The molecule has 0 unspecified atom stereocenters. The molecule has 0 aromatic heterocycles. The SMILES string of the molecule is CC.CC(C)(C)OC(=O)NCCCOc1ccc([N+](=O)[O-])cc1.CS. The molecule has 1 aromatic carbocycles. The number of ether oxygens (including phenoxy) is 2. The predicted octanol–water partition coefficient (Wildman–Crippen LogP) is 4.46. The Kier molecular flexibility index (Phi) is 14.6. The van der Waals surface area contributed by atoms with Crippen LogP contribution in [0.25, 0.3) is 0 Å². The zero-order chi connectivity index (χ0) is 19.9. The van der Waals surface area contributed by atoms with E-state index in [9.17, 15) is 14.9 Å². The van der Waals surface area contributed by atoms with Crippen molar-refractivity contribution in [3.05, 3.63) is 34.4 Å². The number of hydrogen-bond acceptors (Lipinski definition) is 6. The lowest BCUT2D eigenvalue weighted by molar-refractivity contribution is -0.384. The zero-order valence-electron chi connectivity index (χ0n) is 15.9. The van der Waals surface area contributed by atoms with E-state index in [2.05, 4.69) is 17.9 Å². The standard InChI is InChI=1S/C14H20N2O5.C2H6.CH4S/c1-14(2,3)21-13(17)15-9-4-10-20-12-7-5-11(6-8-12)16(18)19;2*1-2/h5-8H,4,9-10H2,1-3H3,(H,15,17);1-2H3;2H,1H3. The molecule has 144 valence electrons. The second kappa shape index (κ2) is 14.4. The van der Waals surface area contributed by atoms with E-state index >= 15 is 0 Å². The molecule has 0 aliphatic heterocycles. The van der Waals surface area contributed by atoms with Crippen LogP contribution in [0.3, 0.4) is 0 Å². The number of rotatable bonds is 6. The summed E-state index contributed by atoms with van der Waals surface area (Å²) in [6.45, 7) is 10.2. The quantitative estimate of drug-likeness (QED) is 0.332. The normalized spacial score (nSPS) is 9.56. The van der Waals surface area contributed by atoms with E-state index in [1.54, 1.807) is 39.2 Å². The molecular weight excluding hydrogens is 344 g/mol. The van der Waals surface area contributed by atoms with Crippen LogP contribution in [0.1, 0.15) is 41.0 Å². The van der Waals surface area contributed by atoms with E-state index in [-0.39, 0.29) is 5.69 Å². The summed E-state index contributed by atoms with van der Waals surface area (Å²) in [7, 11) is 0. The molecule has 0 saturated carbocycles. The minimum atomic E-state index is -0.515. The first-order valence-electron chi connectivity index (χ1n) is 8.07. The molecule has 0 bridgehead atoms. The molecule has 0 saturated heterocycles. The summed E-state index contributed by atoms with van der Waals surface area (Å²) in [6, 6.07) is 5.85. The summed E-state index contributed by atoms with van der Waals surface area (Å²) in [6.07, 6.45) is 1.84. The van der Waals surface area contributed by atoms with Crippen LogP contribution < -0.4 is 10.1 Å². The van der Waals surface area contributed by atoms with E-state index in [0.717, 1.165) is 0 Å². The molecular formula is C17H30N2O5S. The molecule has 0 fully saturated rings. The number of thiol groups is 1. The molecule has 1 N–H and O–H groups in total. The Balaban J connectivity index is 0. The van der Waals surface area contributed by atoms with Gasteiger partial charge in [-0.3, -0.25) is 10.1 Å². The van der Waals surface area contributed by atoms with Crippen molar-refractivity contribution >= 4 is 24.4 Å². The molecule has 0 heterocycles. The van der Waals surface area contributed by atoms with E-state index < -0.39 is 16.6 Å². The molecule has 1 rings (SSSR count). The van der Waals surface area contributed by atoms with Gasteiger partial charge in [0.2, 0.25) is 0 Å². The summed E-state index contributed by atoms with van der Waals surface area (Å²) in [4.78, 5) is 21.4. The van der Waals surface area contributed by atoms with Gasteiger partial charge in [-0.05, 0) is 45.6 Å². The number of nitrogens with zero attached hydrogens (tertiary/aromatic N) is 1. The van der Waals surface area contributed by atoms with E-state index in [0.29, 0.717) is 25.3 Å². The topological polar surface area (TPSA) is 90.7 Å². The van der Waals surface area contributed by atoms with Crippen molar-refractivity contribution in [1.82, 2.24) is 5.32 Å². The highest BCUT2D eigenvalue weighted by Crippen LogP contribution is 2.17. The third-order valence-corrected chi connectivity index (χ3v) is 2.31. The third kappa shape index (κ3) is 14.1. The number of benzene rings is 1. The Bertz CT molecular complexity index is 487. The van der Waals surface area contributed by atoms with Crippen LogP contribution in [0.15, 0.2) is 24.3 Å². The molecule has 0 aliphatic carbocycles. The van der Waals surface area contributed by atoms with Crippen LogP contribution in [-0.4, -0.2) is 36.0 Å². The predicted molar refractivity (Wildman–Crippen MR) is 104 cm³/mol. The Morgan fingerprint density at radius 3 is 2.16 bits per heavy atom. The first kappa shape index (κ1) is 25.3. The summed E-state index contributed by atoms with van der Waals surface area (Å²) in [5.74, 6) is 0.554. The molecule has 0 radical (unpaired) electrons. The molecule has 1 aromatic rings. The summed E-state index contributed by atoms with van der Waals surface area (Å²) < 4.78 is 10.5. The van der Waals surface area contributed by atoms with Gasteiger partial charge in [-0.1, -0.05) is 13.8 Å². The molecule has 0 atom stereocenters. The number of nitro groups is 1. The number of carbonyl (C=O) groups is 1. The Hall–Kier alpha value is -1.96. The van der Waals surface area contributed by atoms with Crippen molar-refractivity contribution in [2.75, 3.05) is 19.4 Å². The molecule has 0 aliphatic rings. The minimum Gasteiger partial charge on any atom is -0.494 e. The summed E-state index contributed by atoms with van der Waals surface area (Å²) in [5.41, 5.74) is -0.492. The summed E-state index contributed by atoms with van der Waals surface area (Å²) >= 11 is 3.53. The first-order valence-corrected chi connectivity index (χ1v) is 8.96. The number of hydrogen-bond donors (Lipinski definition) is 2. The molecule has 25 heavy (non-hydrogen) atoms. The maximum absolute atomic E-state index is 11.4. The van der Waals surface area contributed by atoms with Gasteiger partial charge in [0, 0.05) is 18.7 Å². The second-order valence-electron chi connectivity index (χ2n) is 5.38. The smallest absolute Gasteiger partial charge is 0.407 e. The fourth-order valence-electron chi connectivity index (χ4n) is 1.43. The van der Waals surface area contributed by atoms with Gasteiger partial charge in [-0.2, -0.15) is 12.6 Å². The fourth-order valence-corrected chi connectivity index (χ4v) is 1.43. The molecule has 7 nitrogen and oxygen atoms in total. The van der Waals surface area contributed by atoms with Crippen LogP contribution in [0.2, 0.25) is 0 Å². The Morgan fingerprint density at radius 2 is 1.72 bits per heavy atom. The number of carbonyl (C=O) groups excluding carboxylic acids is 1. The lowest BCUT2D eigenvalue weighted by Gasteiger charge is -2.19. The minimum absolute atomic E-state index is 0.0222. The zero-order valence-corrected chi connectivity index (χ0v) is 16.8. The number of alkyl carbamates (subject to hydrolysis) is 1. The van der Waals surface area contributed by atoms with Gasteiger partial charge >= 0.3 is 6.09 Å². The average molecular weight is 375 g/mol. The second-order valence-corrected chi connectivity index (χ2v) is 5.38. The van der Waals surface area contributed by atoms with Crippen molar-refractivity contribution in [3.63, 3.8) is 0 Å². The van der Waals surface area contributed by atoms with Crippen molar-refractivity contribution < 1.29 is 19.2 Å². The van der Waals surface area contributed by atoms with E-state index in [1.807, 2.05) is 13.8 Å². The third-order valence-electron chi connectivity index (χ3n) is 2.31. The van der Waals surface area contributed by atoms with Gasteiger partial charge in [0.15, 0.2) is 0 Å². The van der Waals surface area contributed by atoms with Gasteiger partial charge in [-0.25, -0.2) is 4.79 Å². The van der Waals surface area contributed by atoms with Crippen molar-refractivity contribution in [3.8, 4) is 5.75 Å². The van der Waals surface area contributed by atoms with Crippen LogP contribution in [0.4, 0.5) is 10.5 Å². The van der Waals surface area contributed by atoms with Gasteiger partial charge < -0.3 is 14.8 Å². The van der Waals surface area contributed by atoms with Crippen molar-refractivity contribution in [2.45, 2.75) is 46.6 Å². The molecule has 0 spiro atoms. The van der Waals surface area contributed by atoms with Gasteiger partial charge in [0.25, 0.3) is 5.69 Å². The monoisotopic (exact) mass is 374 g/mol. The lowest BCUT2D eigenvalue weighted by atomic mass is 10.2. The van der Waals surface area contributed by atoms with Crippen LogP contribution in [0, 0.1) is 10.1 Å². The van der Waals surface area contributed by atoms with Crippen LogP contribution >= 0.6 is 12.6 Å². The maximum atomic E-state index is 11.4. The van der Waals surface area contributed by atoms with Gasteiger partial charge in [-0.15, -0.1) is 0 Å². The highest BCUT2D eigenvalue weighted by atomic mass is 32.1. The van der Waals surface area contributed by atoms with Crippen molar-refractivity contribution in [1.29, 1.82) is 0 Å². The number of amides is 1. The summed E-state index contributed by atoms with van der Waals surface area (Å²) in [5, 5.41) is 13.1. The first-order chi connectivity index (χ1) is 11.8.